The molecule has 2 heterocycles. The Morgan fingerprint density at radius 3 is 2.74 bits per heavy atom. The van der Waals surface area contributed by atoms with Crippen LogP contribution >= 0.6 is 0 Å². The Labute approximate surface area is 113 Å². The van der Waals surface area contributed by atoms with Gasteiger partial charge in [-0.05, 0) is 19.3 Å². The molecule has 0 saturated carbocycles. The van der Waals surface area contributed by atoms with Crippen molar-refractivity contribution in [2.75, 3.05) is 18.1 Å². The van der Waals surface area contributed by atoms with E-state index in [2.05, 4.69) is 5.32 Å². The maximum absolute atomic E-state index is 12.3. The third-order valence-electron chi connectivity index (χ3n) is 3.78. The molecular weight excluding hydrogens is 268 g/mol. The largest absolute Gasteiger partial charge is 0.344 e. The fourth-order valence-electron chi connectivity index (χ4n) is 2.74. The lowest BCUT2D eigenvalue weighted by molar-refractivity contribution is -0.135. The minimum atomic E-state index is -3.05. The maximum atomic E-state index is 12.3. The molecule has 2 unspecified atom stereocenters. The highest BCUT2D eigenvalue weighted by atomic mass is 32.2. The monoisotopic (exact) mass is 288 g/mol. The summed E-state index contributed by atoms with van der Waals surface area (Å²) < 4.78 is 23.4. The molecule has 0 bridgehead atoms. The van der Waals surface area contributed by atoms with Crippen LogP contribution < -0.4 is 5.32 Å². The van der Waals surface area contributed by atoms with Crippen LogP contribution in [0.15, 0.2) is 0 Å². The molecule has 0 aromatic carbocycles. The quantitative estimate of drug-likeness (QED) is 0.755. The summed E-state index contributed by atoms with van der Waals surface area (Å²) in [7, 11) is -3.05. The van der Waals surface area contributed by atoms with E-state index >= 15 is 0 Å². The van der Waals surface area contributed by atoms with Gasteiger partial charge in [-0.15, -0.1) is 0 Å². The number of nitrogens with one attached hydrogen (secondary N) is 1. The zero-order chi connectivity index (χ0) is 14.0. The molecule has 2 aliphatic rings. The fraction of sp³-hybridized carbons (Fsp3) is 0.833. The number of rotatable bonds is 2. The van der Waals surface area contributed by atoms with Crippen molar-refractivity contribution in [2.45, 2.75) is 44.7 Å². The van der Waals surface area contributed by atoms with E-state index < -0.39 is 15.9 Å². The van der Waals surface area contributed by atoms with E-state index in [9.17, 15) is 18.0 Å². The van der Waals surface area contributed by atoms with Gasteiger partial charge in [-0.3, -0.25) is 9.59 Å². The molecule has 2 atom stereocenters. The van der Waals surface area contributed by atoms with Gasteiger partial charge in [0.2, 0.25) is 11.8 Å². The van der Waals surface area contributed by atoms with Gasteiger partial charge >= 0.3 is 0 Å². The SMILES string of the molecule is CCC1NC(=O)CCN(C2CCCS(=O)(=O)C2)C1=O. The second kappa shape index (κ2) is 5.48. The molecule has 0 aromatic heterocycles. The van der Waals surface area contributed by atoms with Crippen LogP contribution in [0.25, 0.3) is 0 Å². The van der Waals surface area contributed by atoms with Crippen LogP contribution in [0.5, 0.6) is 0 Å². The van der Waals surface area contributed by atoms with Crippen LogP contribution in [0.3, 0.4) is 0 Å². The average molecular weight is 288 g/mol. The summed E-state index contributed by atoms with van der Waals surface area (Å²) >= 11 is 0. The molecule has 7 heteroatoms. The molecule has 2 rings (SSSR count). The van der Waals surface area contributed by atoms with Gasteiger partial charge in [0.15, 0.2) is 9.84 Å². The lowest BCUT2D eigenvalue weighted by atomic mass is 10.1. The van der Waals surface area contributed by atoms with E-state index in [0.29, 0.717) is 25.8 Å². The van der Waals surface area contributed by atoms with E-state index in [1.165, 1.54) is 0 Å². The Morgan fingerprint density at radius 2 is 2.11 bits per heavy atom. The predicted octanol–water partition coefficient (Wildman–Crippen LogP) is -0.309. The molecule has 2 fully saturated rings. The zero-order valence-electron chi connectivity index (χ0n) is 11.1. The predicted molar refractivity (Wildman–Crippen MR) is 70.2 cm³/mol. The highest BCUT2D eigenvalue weighted by Crippen LogP contribution is 2.20. The smallest absolute Gasteiger partial charge is 0.245 e. The molecule has 19 heavy (non-hydrogen) atoms. The summed E-state index contributed by atoms with van der Waals surface area (Å²) in [6.45, 7) is 2.16. The number of carbonyl (C=O) groups excluding carboxylic acids is 2. The van der Waals surface area contributed by atoms with E-state index in [4.69, 9.17) is 0 Å². The molecule has 108 valence electrons. The highest BCUT2D eigenvalue weighted by Gasteiger charge is 2.36. The van der Waals surface area contributed by atoms with Gasteiger partial charge in [-0.2, -0.15) is 0 Å². The summed E-state index contributed by atoms with van der Waals surface area (Å²) in [5, 5.41) is 2.69. The lowest BCUT2D eigenvalue weighted by Gasteiger charge is -2.34. The highest BCUT2D eigenvalue weighted by molar-refractivity contribution is 7.91. The Bertz CT molecular complexity index is 474. The summed E-state index contributed by atoms with van der Waals surface area (Å²) in [5.41, 5.74) is 0. The van der Waals surface area contributed by atoms with Crippen LogP contribution in [-0.2, 0) is 19.4 Å². The molecule has 1 N–H and O–H groups in total. The molecule has 0 radical (unpaired) electrons. The first-order valence-electron chi connectivity index (χ1n) is 6.73. The number of hydrogen-bond acceptors (Lipinski definition) is 4. The van der Waals surface area contributed by atoms with Crippen molar-refractivity contribution in [3.05, 3.63) is 0 Å². The maximum Gasteiger partial charge on any atom is 0.245 e. The van der Waals surface area contributed by atoms with Crippen molar-refractivity contribution in [2.24, 2.45) is 0 Å². The topological polar surface area (TPSA) is 83.6 Å². The van der Waals surface area contributed by atoms with Crippen LogP contribution in [0.2, 0.25) is 0 Å². The first-order valence-corrected chi connectivity index (χ1v) is 8.55. The van der Waals surface area contributed by atoms with E-state index in [0.717, 1.165) is 0 Å². The van der Waals surface area contributed by atoms with Gasteiger partial charge in [-0.25, -0.2) is 8.42 Å². The minimum absolute atomic E-state index is 0.0311. The molecule has 2 amide bonds. The Hall–Kier alpha value is -1.11. The van der Waals surface area contributed by atoms with Crippen LogP contribution in [0.1, 0.15) is 32.6 Å². The molecule has 2 saturated heterocycles. The normalized spacial score (nSPS) is 31.7. The minimum Gasteiger partial charge on any atom is -0.344 e. The first kappa shape index (κ1) is 14.3. The number of sulfone groups is 1. The number of carbonyl (C=O) groups is 2. The van der Waals surface area contributed by atoms with Gasteiger partial charge < -0.3 is 10.2 Å². The third-order valence-corrected chi connectivity index (χ3v) is 5.59. The number of hydrogen-bond donors (Lipinski definition) is 1. The second-order valence-electron chi connectivity index (χ2n) is 5.22. The van der Waals surface area contributed by atoms with Crippen molar-refractivity contribution < 1.29 is 18.0 Å². The standard InChI is InChI=1S/C12H20N2O4S/c1-2-10-12(16)14(6-5-11(15)13-10)9-4-3-7-19(17,18)8-9/h9-10H,2-8H2,1H3,(H,13,15). The van der Waals surface area contributed by atoms with E-state index in [1.54, 1.807) is 4.90 Å². The van der Waals surface area contributed by atoms with Gasteiger partial charge in [0.1, 0.15) is 6.04 Å². The van der Waals surface area contributed by atoms with E-state index in [-0.39, 0.29) is 35.8 Å². The zero-order valence-corrected chi connectivity index (χ0v) is 11.9. The van der Waals surface area contributed by atoms with E-state index in [1.807, 2.05) is 6.92 Å². The van der Waals surface area contributed by atoms with Gasteiger partial charge in [0, 0.05) is 19.0 Å². The Morgan fingerprint density at radius 1 is 1.37 bits per heavy atom. The number of nitrogens with zero attached hydrogens (tertiary/aromatic N) is 1. The summed E-state index contributed by atoms with van der Waals surface area (Å²) in [6, 6.07) is -0.785. The first-order chi connectivity index (χ1) is 8.93. The van der Waals surface area contributed by atoms with Gasteiger partial charge in [-0.1, -0.05) is 6.92 Å². The van der Waals surface area contributed by atoms with Crippen LogP contribution in [0.4, 0.5) is 0 Å². The molecular formula is C12H20N2O4S. The van der Waals surface area contributed by atoms with Crippen molar-refractivity contribution in [3.8, 4) is 0 Å². The Balaban J connectivity index is 2.17. The summed E-state index contributed by atoms with van der Waals surface area (Å²) in [4.78, 5) is 25.5. The van der Waals surface area contributed by atoms with Crippen LogP contribution in [0, 0.1) is 0 Å². The van der Waals surface area contributed by atoms with Gasteiger partial charge in [0.25, 0.3) is 0 Å². The summed E-state index contributed by atoms with van der Waals surface area (Å²) in [6.07, 6.45) is 2.07. The van der Waals surface area contributed by atoms with Crippen molar-refractivity contribution in [3.63, 3.8) is 0 Å². The second-order valence-corrected chi connectivity index (χ2v) is 7.45. The molecule has 0 aromatic rings. The Kier molecular flexibility index (Phi) is 4.13. The number of amides is 2. The van der Waals surface area contributed by atoms with Crippen molar-refractivity contribution in [1.29, 1.82) is 0 Å². The molecule has 2 aliphatic heterocycles. The van der Waals surface area contributed by atoms with Gasteiger partial charge in [0.05, 0.1) is 11.5 Å². The van der Waals surface area contributed by atoms with Crippen molar-refractivity contribution in [1.82, 2.24) is 10.2 Å². The lowest BCUT2D eigenvalue weighted by Crippen LogP contribution is -2.51. The third kappa shape index (κ3) is 3.26. The van der Waals surface area contributed by atoms with Crippen molar-refractivity contribution >= 4 is 21.7 Å². The molecule has 0 spiro atoms. The molecule has 6 nitrogen and oxygen atoms in total. The average Bonchev–Trinajstić information content (AvgIpc) is 2.48. The molecule has 0 aliphatic carbocycles. The van der Waals surface area contributed by atoms with Crippen LogP contribution in [-0.4, -0.2) is 55.3 Å². The fourth-order valence-corrected chi connectivity index (χ4v) is 4.45. The summed E-state index contributed by atoms with van der Waals surface area (Å²) in [5.74, 6) is -0.0414.